The highest BCUT2D eigenvalue weighted by molar-refractivity contribution is 9.10. The molecule has 1 N–H and O–H groups in total. The Morgan fingerprint density at radius 3 is 2.43 bits per heavy atom. The minimum absolute atomic E-state index is 0.244. The summed E-state index contributed by atoms with van der Waals surface area (Å²) in [6.07, 6.45) is 0.915. The van der Waals surface area contributed by atoms with Crippen LogP contribution in [0.15, 0.2) is 34.8 Å². The molecule has 0 heterocycles. The third kappa shape index (κ3) is 6.04. The number of carbonyl (C=O) groups is 1. The van der Waals surface area contributed by atoms with Crippen molar-refractivity contribution in [3.05, 3.63) is 51.0 Å². The minimum atomic E-state index is -0.244. The van der Waals surface area contributed by atoms with Crippen molar-refractivity contribution in [3.63, 3.8) is 0 Å². The molecule has 0 radical (unpaired) electrons. The topological polar surface area (TPSA) is 56.8 Å². The normalized spacial score (nSPS) is 10.7. The lowest BCUT2D eigenvalue weighted by atomic mass is 10.1. The van der Waals surface area contributed by atoms with Gasteiger partial charge in [0.1, 0.15) is 5.75 Å². The Morgan fingerprint density at radius 2 is 1.79 bits per heavy atom. The van der Waals surface area contributed by atoms with Crippen LogP contribution in [-0.4, -0.2) is 26.7 Å². The quantitative estimate of drug-likeness (QED) is 0.527. The number of rotatable bonds is 9. The molecule has 0 saturated carbocycles. The molecular weight excluding hydrogens is 446 g/mol. The molecule has 0 bridgehead atoms. The first-order valence-electron chi connectivity index (χ1n) is 8.96. The van der Waals surface area contributed by atoms with E-state index in [0.29, 0.717) is 40.4 Å². The number of methoxy groups -OCH3 is 2. The largest absolute Gasteiger partial charge is 0.493 e. The van der Waals surface area contributed by atoms with Crippen LogP contribution in [0.25, 0.3) is 0 Å². The Balaban J connectivity index is 2.14. The number of ether oxygens (including phenoxy) is 3. The molecule has 0 aliphatic heterocycles. The van der Waals surface area contributed by atoms with E-state index in [0.717, 1.165) is 16.5 Å². The van der Waals surface area contributed by atoms with Crippen LogP contribution in [0, 0.1) is 5.92 Å². The maximum atomic E-state index is 12.8. The molecule has 5 nitrogen and oxygen atoms in total. The van der Waals surface area contributed by atoms with Gasteiger partial charge in [-0.05, 0) is 42.2 Å². The van der Waals surface area contributed by atoms with Crippen molar-refractivity contribution in [1.82, 2.24) is 5.32 Å². The molecule has 2 aromatic rings. The van der Waals surface area contributed by atoms with Gasteiger partial charge in [-0.2, -0.15) is 0 Å². The minimum Gasteiger partial charge on any atom is -0.493 e. The second-order valence-electron chi connectivity index (χ2n) is 6.65. The van der Waals surface area contributed by atoms with Crippen LogP contribution in [0.3, 0.4) is 0 Å². The highest BCUT2D eigenvalue weighted by Gasteiger charge is 2.15. The maximum Gasteiger partial charge on any atom is 0.255 e. The summed E-state index contributed by atoms with van der Waals surface area (Å²) in [5.41, 5.74) is 1.19. The Bertz CT molecular complexity index is 826. The van der Waals surface area contributed by atoms with E-state index in [-0.39, 0.29) is 12.5 Å². The highest BCUT2D eigenvalue weighted by Crippen LogP contribution is 2.33. The summed E-state index contributed by atoms with van der Waals surface area (Å²) in [5, 5.41) is 3.38. The standard InChI is InChI=1S/C21H25BrClNO4/c1-13(2)7-8-28-18-6-5-15(22)10-16(18)21(25)24-12-14-9-19(26-3)20(27-4)11-17(14)23/h5-6,9-11,13H,7-8,12H2,1-4H3,(H,24,25). The summed E-state index contributed by atoms with van der Waals surface area (Å²) in [6.45, 7) is 5.06. The van der Waals surface area contributed by atoms with E-state index in [1.54, 1.807) is 38.5 Å². The third-order valence-electron chi connectivity index (χ3n) is 4.13. The molecule has 0 aliphatic rings. The van der Waals surface area contributed by atoms with E-state index in [1.165, 1.54) is 0 Å². The average Bonchev–Trinajstić information content (AvgIpc) is 2.67. The van der Waals surface area contributed by atoms with Crippen LogP contribution in [0.1, 0.15) is 36.2 Å². The summed E-state index contributed by atoms with van der Waals surface area (Å²) in [7, 11) is 3.10. The van der Waals surface area contributed by atoms with Gasteiger partial charge in [0.15, 0.2) is 11.5 Å². The number of amides is 1. The van der Waals surface area contributed by atoms with Crippen molar-refractivity contribution in [2.75, 3.05) is 20.8 Å². The van der Waals surface area contributed by atoms with E-state index < -0.39 is 0 Å². The van der Waals surface area contributed by atoms with Crippen molar-refractivity contribution >= 4 is 33.4 Å². The molecule has 0 spiro atoms. The first-order valence-corrected chi connectivity index (χ1v) is 10.1. The van der Waals surface area contributed by atoms with E-state index in [4.69, 9.17) is 25.8 Å². The molecule has 7 heteroatoms. The van der Waals surface area contributed by atoms with Crippen molar-refractivity contribution in [1.29, 1.82) is 0 Å². The van der Waals surface area contributed by atoms with Crippen LogP contribution in [0.2, 0.25) is 5.02 Å². The second kappa shape index (κ2) is 10.6. The number of halogens is 2. The third-order valence-corrected chi connectivity index (χ3v) is 4.98. The SMILES string of the molecule is COc1cc(Cl)c(CNC(=O)c2cc(Br)ccc2OCCC(C)C)cc1OC. The fourth-order valence-corrected chi connectivity index (χ4v) is 3.09. The summed E-state index contributed by atoms with van der Waals surface area (Å²) in [4.78, 5) is 12.8. The van der Waals surface area contributed by atoms with Crippen molar-refractivity contribution in [2.24, 2.45) is 5.92 Å². The van der Waals surface area contributed by atoms with Gasteiger partial charge in [-0.3, -0.25) is 4.79 Å². The molecule has 0 atom stereocenters. The number of benzene rings is 2. The van der Waals surface area contributed by atoms with Gasteiger partial charge in [0.25, 0.3) is 5.91 Å². The first kappa shape index (κ1) is 22.4. The zero-order chi connectivity index (χ0) is 20.7. The van der Waals surface area contributed by atoms with E-state index in [9.17, 15) is 4.79 Å². The van der Waals surface area contributed by atoms with Gasteiger partial charge in [-0.25, -0.2) is 0 Å². The van der Waals surface area contributed by atoms with Gasteiger partial charge >= 0.3 is 0 Å². The number of carbonyl (C=O) groups excluding carboxylic acids is 1. The zero-order valence-electron chi connectivity index (χ0n) is 16.5. The van der Waals surface area contributed by atoms with Gasteiger partial charge < -0.3 is 19.5 Å². The number of hydrogen-bond donors (Lipinski definition) is 1. The van der Waals surface area contributed by atoms with Gasteiger partial charge in [0.05, 0.1) is 26.4 Å². The summed E-state index contributed by atoms with van der Waals surface area (Å²) in [6, 6.07) is 8.81. The van der Waals surface area contributed by atoms with Crippen molar-refractivity contribution in [2.45, 2.75) is 26.8 Å². The smallest absolute Gasteiger partial charge is 0.255 e. The average molecular weight is 471 g/mol. The molecule has 152 valence electrons. The van der Waals surface area contributed by atoms with E-state index in [2.05, 4.69) is 35.1 Å². The second-order valence-corrected chi connectivity index (χ2v) is 7.98. The molecule has 0 unspecified atom stereocenters. The fraction of sp³-hybridized carbons (Fsp3) is 0.381. The monoisotopic (exact) mass is 469 g/mol. The first-order chi connectivity index (χ1) is 13.3. The summed E-state index contributed by atoms with van der Waals surface area (Å²) < 4.78 is 17.2. The summed E-state index contributed by atoms with van der Waals surface area (Å²) in [5.74, 6) is 1.93. The Kier molecular flexibility index (Phi) is 8.45. The van der Waals surface area contributed by atoms with Crippen LogP contribution in [0.4, 0.5) is 0 Å². The molecule has 0 fully saturated rings. The maximum absolute atomic E-state index is 12.8. The molecule has 28 heavy (non-hydrogen) atoms. The van der Waals surface area contributed by atoms with Crippen molar-refractivity contribution in [3.8, 4) is 17.2 Å². The highest BCUT2D eigenvalue weighted by atomic mass is 79.9. The molecule has 0 saturated heterocycles. The lowest BCUT2D eigenvalue weighted by Crippen LogP contribution is -2.24. The van der Waals surface area contributed by atoms with Crippen LogP contribution < -0.4 is 19.5 Å². The van der Waals surface area contributed by atoms with Gasteiger partial charge in [-0.1, -0.05) is 41.4 Å². The van der Waals surface area contributed by atoms with Gasteiger partial charge in [0.2, 0.25) is 0 Å². The Hall–Kier alpha value is -1.92. The van der Waals surface area contributed by atoms with Gasteiger partial charge in [0, 0.05) is 22.1 Å². The molecule has 0 aromatic heterocycles. The summed E-state index contributed by atoms with van der Waals surface area (Å²) >= 11 is 9.71. The van der Waals surface area contributed by atoms with Crippen LogP contribution in [-0.2, 0) is 6.54 Å². The predicted octanol–water partition coefficient (Wildman–Crippen LogP) is 5.47. The Labute approximate surface area is 179 Å². The fourth-order valence-electron chi connectivity index (χ4n) is 2.51. The predicted molar refractivity (Wildman–Crippen MR) is 115 cm³/mol. The zero-order valence-corrected chi connectivity index (χ0v) is 18.8. The molecule has 2 rings (SSSR count). The lowest BCUT2D eigenvalue weighted by molar-refractivity contribution is 0.0946. The van der Waals surface area contributed by atoms with E-state index in [1.807, 2.05) is 6.07 Å². The molecule has 1 amide bonds. The van der Waals surface area contributed by atoms with Crippen LogP contribution >= 0.6 is 27.5 Å². The van der Waals surface area contributed by atoms with Crippen molar-refractivity contribution < 1.29 is 19.0 Å². The number of hydrogen-bond acceptors (Lipinski definition) is 4. The lowest BCUT2D eigenvalue weighted by Gasteiger charge is -2.15. The molecule has 2 aromatic carbocycles. The van der Waals surface area contributed by atoms with Gasteiger partial charge in [-0.15, -0.1) is 0 Å². The van der Waals surface area contributed by atoms with Crippen LogP contribution in [0.5, 0.6) is 17.2 Å². The number of nitrogens with one attached hydrogen (secondary N) is 1. The molecular formula is C21H25BrClNO4. The molecule has 0 aliphatic carbocycles. The Morgan fingerprint density at radius 1 is 1.11 bits per heavy atom. The van der Waals surface area contributed by atoms with E-state index >= 15 is 0 Å².